The van der Waals surface area contributed by atoms with E-state index in [1.54, 1.807) is 55.0 Å². The van der Waals surface area contributed by atoms with Crippen LogP contribution in [0.5, 0.6) is 17.2 Å². The van der Waals surface area contributed by atoms with E-state index < -0.39 is 18.0 Å². The Hall–Kier alpha value is -3.95. The minimum Gasteiger partial charge on any atom is -0.496 e. The van der Waals surface area contributed by atoms with Crippen molar-refractivity contribution in [1.82, 2.24) is 4.57 Å². The first kappa shape index (κ1) is 35.4. The van der Waals surface area contributed by atoms with Gasteiger partial charge in [0.2, 0.25) is 0 Å². The molecule has 4 aromatic rings. The van der Waals surface area contributed by atoms with Crippen molar-refractivity contribution in [3.63, 3.8) is 0 Å². The highest BCUT2D eigenvalue weighted by atomic mass is 127. The number of carboxylic acids is 1. The van der Waals surface area contributed by atoms with E-state index in [2.05, 4.69) is 38.5 Å². The van der Waals surface area contributed by atoms with E-state index in [0.717, 1.165) is 9.99 Å². The van der Waals surface area contributed by atoms with E-state index in [1.165, 1.54) is 24.5 Å². The van der Waals surface area contributed by atoms with Crippen molar-refractivity contribution >= 4 is 67.9 Å². The SMILES string of the molecule is CCCC1=C(C(=O)OCC)[C@@H](c2ccc(OC)c(Br)c2)n2c(s/c(=C\c3cc(I)c(OCc4cccc(C(=O)O)c4)c(OC)c3)c2=O)=N1. The van der Waals surface area contributed by atoms with Gasteiger partial charge in [-0.3, -0.25) is 9.36 Å². The van der Waals surface area contributed by atoms with E-state index in [0.29, 0.717) is 65.4 Å². The fourth-order valence-corrected chi connectivity index (χ4v) is 7.71. The third-order valence-corrected chi connectivity index (χ3v) is 9.89. The molecule has 0 saturated heterocycles. The molecule has 10 nitrogen and oxygen atoms in total. The second kappa shape index (κ2) is 15.5. The molecule has 1 aliphatic rings. The van der Waals surface area contributed by atoms with E-state index >= 15 is 0 Å². The number of esters is 1. The van der Waals surface area contributed by atoms with Crippen LogP contribution in [-0.2, 0) is 16.1 Å². The smallest absolute Gasteiger partial charge is 0.338 e. The number of hydrogen-bond acceptors (Lipinski definition) is 9. The molecule has 1 aliphatic heterocycles. The molecule has 250 valence electrons. The van der Waals surface area contributed by atoms with Gasteiger partial charge in [0.15, 0.2) is 16.3 Å². The van der Waals surface area contributed by atoms with Gasteiger partial charge in [0, 0.05) is 0 Å². The Morgan fingerprint density at radius 1 is 1.08 bits per heavy atom. The molecule has 1 atom stereocenters. The standard InChI is InChI=1S/C35H32BrIN2O8S/c1-5-8-25-29(34(43)46-6-2)30(21-11-12-26(44-3)23(36)17-21)39-32(40)28(48-35(39)38-25)16-20-14-24(37)31(27(15-20)45-4)47-18-19-9-7-10-22(13-19)33(41)42/h7,9-17,30H,5-6,8,18H2,1-4H3,(H,41,42)/b28-16-/t30-/m1/s1. The number of carboxylic acid groups (broad SMARTS) is 1. The summed E-state index contributed by atoms with van der Waals surface area (Å²) in [6.45, 7) is 4.07. The van der Waals surface area contributed by atoms with E-state index in [-0.39, 0.29) is 24.3 Å². The summed E-state index contributed by atoms with van der Waals surface area (Å²) in [6.07, 6.45) is 3.04. The Labute approximate surface area is 302 Å². The number of aromatic carboxylic acids is 1. The van der Waals surface area contributed by atoms with Crippen LogP contribution in [0, 0.1) is 3.57 Å². The van der Waals surface area contributed by atoms with Gasteiger partial charge in [0.1, 0.15) is 12.4 Å². The number of rotatable bonds is 12. The second-order valence-corrected chi connectivity index (χ2v) is 13.7. The molecular formula is C35H32BrIN2O8S. The first-order valence-corrected chi connectivity index (χ1v) is 17.7. The highest BCUT2D eigenvalue weighted by Crippen LogP contribution is 2.37. The zero-order chi connectivity index (χ0) is 34.5. The molecule has 0 unspecified atom stereocenters. The number of halogens is 2. The number of fused-ring (bicyclic) bond motifs is 1. The van der Waals surface area contributed by atoms with Crippen molar-refractivity contribution in [2.75, 3.05) is 20.8 Å². The zero-order valence-corrected chi connectivity index (χ0v) is 31.1. The van der Waals surface area contributed by atoms with Crippen LogP contribution in [0.15, 0.2) is 80.1 Å². The quantitative estimate of drug-likeness (QED) is 0.131. The molecule has 1 N–H and O–H groups in total. The highest BCUT2D eigenvalue weighted by Gasteiger charge is 2.34. The number of carbonyl (C=O) groups is 2. The van der Waals surface area contributed by atoms with Gasteiger partial charge in [-0.25, -0.2) is 14.6 Å². The lowest BCUT2D eigenvalue weighted by atomic mass is 9.94. The number of allylic oxidation sites excluding steroid dienone is 1. The van der Waals surface area contributed by atoms with E-state index in [4.69, 9.17) is 23.9 Å². The Morgan fingerprint density at radius 2 is 1.85 bits per heavy atom. The van der Waals surface area contributed by atoms with Gasteiger partial charge in [-0.15, -0.1) is 0 Å². The molecule has 0 saturated carbocycles. The van der Waals surface area contributed by atoms with Gasteiger partial charge in [0.25, 0.3) is 5.56 Å². The summed E-state index contributed by atoms with van der Waals surface area (Å²) in [7, 11) is 3.10. The fourth-order valence-electron chi connectivity index (χ4n) is 5.35. The van der Waals surface area contributed by atoms with Gasteiger partial charge in [-0.1, -0.05) is 42.9 Å². The zero-order valence-electron chi connectivity index (χ0n) is 26.5. The summed E-state index contributed by atoms with van der Waals surface area (Å²) >= 11 is 6.94. The lowest BCUT2D eigenvalue weighted by molar-refractivity contribution is -0.139. The second-order valence-electron chi connectivity index (χ2n) is 10.6. The summed E-state index contributed by atoms with van der Waals surface area (Å²) in [4.78, 5) is 44.4. The fraction of sp³-hybridized carbons (Fsp3) is 0.257. The first-order valence-electron chi connectivity index (χ1n) is 15.0. The number of nitrogens with zero attached hydrogens (tertiary/aromatic N) is 2. The largest absolute Gasteiger partial charge is 0.496 e. The van der Waals surface area contributed by atoms with E-state index in [9.17, 15) is 19.5 Å². The van der Waals surface area contributed by atoms with Crippen LogP contribution in [0.25, 0.3) is 6.08 Å². The third-order valence-electron chi connectivity index (χ3n) is 7.49. The van der Waals surface area contributed by atoms with Crippen LogP contribution in [0.2, 0.25) is 0 Å². The van der Waals surface area contributed by atoms with Gasteiger partial charge >= 0.3 is 11.9 Å². The Kier molecular flexibility index (Phi) is 11.4. The Balaban J connectivity index is 1.60. The van der Waals surface area contributed by atoms with Crippen molar-refractivity contribution < 1.29 is 33.6 Å². The third kappa shape index (κ3) is 7.37. The molecule has 1 aromatic heterocycles. The van der Waals surface area contributed by atoms with Crippen molar-refractivity contribution in [2.24, 2.45) is 4.99 Å². The molecule has 2 heterocycles. The van der Waals surface area contributed by atoms with Crippen molar-refractivity contribution in [3.8, 4) is 17.2 Å². The predicted octanol–water partition coefficient (Wildman–Crippen LogP) is 6.24. The Bertz CT molecular complexity index is 2110. The molecule has 3 aromatic carbocycles. The lowest BCUT2D eigenvalue weighted by Crippen LogP contribution is -2.40. The van der Waals surface area contributed by atoms with Gasteiger partial charge in [-0.05, 0) is 111 Å². The van der Waals surface area contributed by atoms with Crippen molar-refractivity contribution in [3.05, 3.63) is 116 Å². The number of hydrogen-bond donors (Lipinski definition) is 1. The summed E-state index contributed by atoms with van der Waals surface area (Å²) in [5.74, 6) is 0.0318. The van der Waals surface area contributed by atoms with Crippen LogP contribution >= 0.6 is 49.9 Å². The van der Waals surface area contributed by atoms with Crippen LogP contribution in [-0.4, -0.2) is 42.4 Å². The number of carbonyl (C=O) groups excluding carboxylic acids is 1. The molecular weight excluding hydrogens is 815 g/mol. The summed E-state index contributed by atoms with van der Waals surface area (Å²) in [6, 6.07) is 14.9. The summed E-state index contributed by atoms with van der Waals surface area (Å²) < 4.78 is 26.0. The monoisotopic (exact) mass is 846 g/mol. The predicted molar refractivity (Wildman–Crippen MR) is 194 cm³/mol. The maximum atomic E-state index is 14.2. The van der Waals surface area contributed by atoms with Crippen LogP contribution in [0.3, 0.4) is 0 Å². The molecule has 0 aliphatic carbocycles. The minimum absolute atomic E-state index is 0.135. The molecule has 0 spiro atoms. The number of aromatic nitrogens is 1. The molecule has 0 radical (unpaired) electrons. The molecule has 0 bridgehead atoms. The Morgan fingerprint density at radius 3 is 2.52 bits per heavy atom. The number of thiazole rings is 1. The van der Waals surface area contributed by atoms with Crippen LogP contribution in [0.1, 0.15) is 59.8 Å². The first-order chi connectivity index (χ1) is 23.1. The van der Waals surface area contributed by atoms with Crippen molar-refractivity contribution in [2.45, 2.75) is 39.3 Å². The van der Waals surface area contributed by atoms with E-state index in [1.807, 2.05) is 25.1 Å². The van der Waals surface area contributed by atoms with Gasteiger partial charge in [0.05, 0.1) is 56.3 Å². The lowest BCUT2D eigenvalue weighted by Gasteiger charge is -2.26. The maximum Gasteiger partial charge on any atom is 0.338 e. The summed E-state index contributed by atoms with van der Waals surface area (Å²) in [5.41, 5.74) is 2.89. The molecule has 13 heteroatoms. The number of benzene rings is 3. The van der Waals surface area contributed by atoms with Crippen molar-refractivity contribution in [1.29, 1.82) is 0 Å². The van der Waals surface area contributed by atoms with Gasteiger partial charge < -0.3 is 24.1 Å². The molecule has 48 heavy (non-hydrogen) atoms. The highest BCUT2D eigenvalue weighted by molar-refractivity contribution is 14.1. The van der Waals surface area contributed by atoms with Gasteiger partial charge in [-0.2, -0.15) is 0 Å². The van der Waals surface area contributed by atoms with Crippen LogP contribution < -0.4 is 29.1 Å². The normalized spacial score (nSPS) is 14.3. The van der Waals surface area contributed by atoms with Crippen LogP contribution in [0.4, 0.5) is 0 Å². The molecule has 0 fully saturated rings. The molecule has 5 rings (SSSR count). The number of ether oxygens (including phenoxy) is 4. The molecule has 0 amide bonds. The average molecular weight is 848 g/mol. The average Bonchev–Trinajstić information content (AvgIpc) is 3.37. The maximum absolute atomic E-state index is 14.2. The number of methoxy groups -OCH3 is 2. The minimum atomic E-state index is -1.01. The topological polar surface area (TPSA) is 126 Å². The summed E-state index contributed by atoms with van der Waals surface area (Å²) in [5, 5.41) is 9.32.